The summed E-state index contributed by atoms with van der Waals surface area (Å²) in [5.41, 5.74) is 0.113. The Labute approximate surface area is 246 Å². The van der Waals surface area contributed by atoms with Crippen LogP contribution in [0, 0.1) is 17.1 Å². The first-order valence-corrected chi connectivity index (χ1v) is 15.2. The van der Waals surface area contributed by atoms with Crippen molar-refractivity contribution < 1.29 is 36.6 Å². The van der Waals surface area contributed by atoms with Gasteiger partial charge in [0.15, 0.2) is 5.75 Å². The first-order chi connectivity index (χ1) is 19.8. The van der Waals surface area contributed by atoms with Crippen molar-refractivity contribution in [1.29, 1.82) is 5.26 Å². The molecule has 0 aliphatic carbocycles. The maximum atomic E-state index is 13.7. The van der Waals surface area contributed by atoms with Crippen molar-refractivity contribution in [3.05, 3.63) is 65.5 Å². The Morgan fingerprint density at radius 3 is 2.40 bits per heavy atom. The average Bonchev–Trinajstić information content (AvgIpc) is 2.91. The van der Waals surface area contributed by atoms with Gasteiger partial charge in [0.2, 0.25) is 10.0 Å². The SMILES string of the molecule is CCOC(=O)CS(=O)(=O)N(C/C=C/c1ccc(F)c(C#N)c1)c1ccc(OC2CCN(C(=O)OC(C)(C)C)CC2)cc1. The van der Waals surface area contributed by atoms with Crippen LogP contribution in [-0.2, 0) is 24.3 Å². The van der Waals surface area contributed by atoms with Gasteiger partial charge in [-0.05, 0) is 69.7 Å². The molecule has 0 spiro atoms. The number of amides is 1. The third-order valence-corrected chi connectivity index (χ3v) is 7.79. The van der Waals surface area contributed by atoms with Crippen molar-refractivity contribution >= 4 is 33.8 Å². The van der Waals surface area contributed by atoms with Crippen molar-refractivity contribution in [3.8, 4) is 11.8 Å². The summed E-state index contributed by atoms with van der Waals surface area (Å²) in [5, 5.41) is 9.06. The van der Waals surface area contributed by atoms with E-state index in [1.165, 1.54) is 12.1 Å². The predicted octanol–water partition coefficient (Wildman–Crippen LogP) is 4.89. The Morgan fingerprint density at radius 1 is 1.14 bits per heavy atom. The van der Waals surface area contributed by atoms with E-state index in [4.69, 9.17) is 19.5 Å². The maximum Gasteiger partial charge on any atom is 0.410 e. The average molecular weight is 602 g/mol. The highest BCUT2D eigenvalue weighted by Crippen LogP contribution is 2.26. The molecule has 1 saturated heterocycles. The van der Waals surface area contributed by atoms with E-state index in [9.17, 15) is 22.4 Å². The molecule has 12 heteroatoms. The summed E-state index contributed by atoms with van der Waals surface area (Å²) >= 11 is 0. The van der Waals surface area contributed by atoms with Gasteiger partial charge in [0, 0.05) is 25.9 Å². The monoisotopic (exact) mass is 601 g/mol. The molecule has 2 aromatic carbocycles. The second-order valence-electron chi connectivity index (χ2n) is 10.6. The maximum absolute atomic E-state index is 13.7. The number of anilines is 1. The minimum atomic E-state index is -4.13. The zero-order valence-corrected chi connectivity index (χ0v) is 25.0. The number of piperidine rings is 1. The second kappa shape index (κ2) is 14.2. The molecule has 0 aromatic heterocycles. The van der Waals surface area contributed by atoms with Gasteiger partial charge in [0.25, 0.3) is 0 Å². The standard InChI is InChI=1S/C30H36FN3O7S/c1-5-39-28(35)21-42(37,38)34(16-6-7-22-8-13-27(31)23(19-22)20-32)24-9-11-25(12-10-24)40-26-14-17-33(18-15-26)29(36)41-30(2,3)4/h6-13,19,26H,5,14-18,21H2,1-4H3/b7-6+. The molecule has 0 radical (unpaired) electrons. The largest absolute Gasteiger partial charge is 0.490 e. The van der Waals surface area contributed by atoms with E-state index in [-0.39, 0.29) is 30.9 Å². The van der Waals surface area contributed by atoms with Gasteiger partial charge in [-0.2, -0.15) is 5.26 Å². The van der Waals surface area contributed by atoms with Crippen LogP contribution in [-0.4, -0.2) is 69.1 Å². The van der Waals surface area contributed by atoms with E-state index >= 15 is 0 Å². The van der Waals surface area contributed by atoms with Gasteiger partial charge >= 0.3 is 12.1 Å². The molecule has 0 unspecified atom stereocenters. The fraction of sp³-hybridized carbons (Fsp3) is 0.433. The molecule has 2 aromatic rings. The molecule has 0 bridgehead atoms. The summed E-state index contributed by atoms with van der Waals surface area (Å²) in [6.07, 6.45) is 3.85. The lowest BCUT2D eigenvalue weighted by Gasteiger charge is -2.33. The Morgan fingerprint density at radius 2 is 1.81 bits per heavy atom. The summed E-state index contributed by atoms with van der Waals surface area (Å²) in [5.74, 6) is -1.84. The molecule has 3 rings (SSSR count). The van der Waals surface area contributed by atoms with Crippen LogP contribution in [0.2, 0.25) is 0 Å². The highest BCUT2D eigenvalue weighted by atomic mass is 32.2. The van der Waals surface area contributed by atoms with Crippen molar-refractivity contribution in [2.24, 2.45) is 0 Å². The Hall–Kier alpha value is -4.11. The molecule has 10 nitrogen and oxygen atoms in total. The lowest BCUT2D eigenvalue weighted by atomic mass is 10.1. The van der Waals surface area contributed by atoms with E-state index in [0.29, 0.717) is 42.9 Å². The van der Waals surface area contributed by atoms with Crippen LogP contribution in [0.5, 0.6) is 5.75 Å². The summed E-state index contributed by atoms with van der Waals surface area (Å²) in [7, 11) is -4.13. The van der Waals surface area contributed by atoms with Crippen LogP contribution < -0.4 is 9.04 Å². The number of benzene rings is 2. The number of carbonyl (C=O) groups excluding carboxylic acids is 2. The second-order valence-corrected chi connectivity index (χ2v) is 12.5. The minimum Gasteiger partial charge on any atom is -0.490 e. The quantitative estimate of drug-likeness (QED) is 0.353. The normalized spacial score (nSPS) is 14.3. The van der Waals surface area contributed by atoms with Crippen molar-refractivity contribution in [3.63, 3.8) is 0 Å². The van der Waals surface area contributed by atoms with E-state index < -0.39 is 33.2 Å². The number of nitriles is 1. The third kappa shape index (κ3) is 9.48. The van der Waals surface area contributed by atoms with Gasteiger partial charge in [-0.3, -0.25) is 9.10 Å². The highest BCUT2D eigenvalue weighted by Gasteiger charge is 2.28. The van der Waals surface area contributed by atoms with Gasteiger partial charge in [-0.25, -0.2) is 17.6 Å². The van der Waals surface area contributed by atoms with Crippen LogP contribution in [0.15, 0.2) is 48.5 Å². The fourth-order valence-electron chi connectivity index (χ4n) is 4.19. The van der Waals surface area contributed by atoms with Gasteiger partial charge in [0.1, 0.15) is 29.3 Å². The smallest absolute Gasteiger partial charge is 0.410 e. The number of halogens is 1. The van der Waals surface area contributed by atoms with Gasteiger partial charge in [-0.1, -0.05) is 18.2 Å². The van der Waals surface area contributed by atoms with E-state index in [0.717, 1.165) is 10.4 Å². The molecule has 42 heavy (non-hydrogen) atoms. The van der Waals surface area contributed by atoms with Crippen molar-refractivity contribution in [2.45, 2.75) is 52.2 Å². The zero-order chi connectivity index (χ0) is 30.9. The Balaban J connectivity index is 1.71. The molecule has 0 saturated carbocycles. The lowest BCUT2D eigenvalue weighted by molar-refractivity contribution is -0.139. The Bertz CT molecular complexity index is 1420. The molecule has 0 N–H and O–H groups in total. The van der Waals surface area contributed by atoms with Crippen LogP contribution in [0.1, 0.15) is 51.7 Å². The Kier molecular flexibility index (Phi) is 10.9. The van der Waals surface area contributed by atoms with Crippen molar-refractivity contribution in [2.75, 3.05) is 36.3 Å². The topological polar surface area (TPSA) is 126 Å². The van der Waals surface area contributed by atoms with Gasteiger partial charge in [0.05, 0.1) is 24.4 Å². The number of rotatable bonds is 10. The van der Waals surface area contributed by atoms with Crippen LogP contribution in [0.25, 0.3) is 6.08 Å². The summed E-state index contributed by atoms with van der Waals surface area (Å²) < 4.78 is 57.5. The summed E-state index contributed by atoms with van der Waals surface area (Å²) in [4.78, 5) is 26.0. The number of sulfonamides is 1. The predicted molar refractivity (Wildman–Crippen MR) is 156 cm³/mol. The molecule has 1 aliphatic heterocycles. The number of esters is 1. The molecular formula is C30H36FN3O7S. The van der Waals surface area contributed by atoms with E-state index in [1.807, 2.05) is 20.8 Å². The van der Waals surface area contributed by atoms with Crippen LogP contribution >= 0.6 is 0 Å². The molecule has 1 aliphatic rings. The first kappa shape index (κ1) is 32.4. The minimum absolute atomic E-state index is 0.0444. The van der Waals surface area contributed by atoms with Gasteiger partial charge in [-0.15, -0.1) is 0 Å². The number of nitrogens with zero attached hydrogens (tertiary/aromatic N) is 3. The first-order valence-electron chi connectivity index (χ1n) is 13.6. The number of carbonyl (C=O) groups is 2. The zero-order valence-electron chi connectivity index (χ0n) is 24.2. The summed E-state index contributed by atoms with van der Waals surface area (Å²) in [6.45, 7) is 7.95. The number of hydrogen-bond donors (Lipinski definition) is 0. The molecule has 1 amide bonds. The number of likely N-dealkylation sites (tertiary alicyclic amines) is 1. The number of hydrogen-bond acceptors (Lipinski definition) is 8. The molecule has 226 valence electrons. The molecule has 1 fully saturated rings. The van der Waals surface area contributed by atoms with E-state index in [2.05, 4.69) is 0 Å². The fourth-order valence-corrected chi connectivity index (χ4v) is 5.49. The molecule has 1 heterocycles. The van der Waals surface area contributed by atoms with E-state index in [1.54, 1.807) is 54.3 Å². The van der Waals surface area contributed by atoms with Crippen LogP contribution in [0.3, 0.4) is 0 Å². The molecular weight excluding hydrogens is 565 g/mol. The van der Waals surface area contributed by atoms with Crippen molar-refractivity contribution in [1.82, 2.24) is 4.90 Å². The third-order valence-electron chi connectivity index (χ3n) is 6.15. The van der Waals surface area contributed by atoms with Gasteiger partial charge < -0.3 is 19.1 Å². The highest BCUT2D eigenvalue weighted by molar-refractivity contribution is 7.93. The van der Waals surface area contributed by atoms with Crippen LogP contribution in [0.4, 0.5) is 14.9 Å². The molecule has 0 atom stereocenters. The summed E-state index contributed by atoms with van der Waals surface area (Å²) in [6, 6.07) is 12.2. The lowest BCUT2D eigenvalue weighted by Crippen LogP contribution is -2.44. The number of ether oxygens (including phenoxy) is 3.